The first-order chi connectivity index (χ1) is 10.0. The summed E-state index contributed by atoms with van der Waals surface area (Å²) < 4.78 is 0. The number of rotatable bonds is 2. The lowest BCUT2D eigenvalue weighted by molar-refractivity contribution is -0.123. The summed E-state index contributed by atoms with van der Waals surface area (Å²) in [4.78, 5) is 24.7. The molecular formula is C15H19N3O3. The van der Waals surface area contributed by atoms with Gasteiger partial charge < -0.3 is 20.6 Å². The summed E-state index contributed by atoms with van der Waals surface area (Å²) in [5.74, 6) is -0.353. The van der Waals surface area contributed by atoms with Crippen LogP contribution in [0.3, 0.4) is 0 Å². The molecule has 0 spiro atoms. The minimum Gasteiger partial charge on any atom is -0.378 e. The van der Waals surface area contributed by atoms with Crippen molar-refractivity contribution in [3.63, 3.8) is 0 Å². The second-order valence-corrected chi connectivity index (χ2v) is 5.63. The van der Waals surface area contributed by atoms with Crippen LogP contribution in [0.25, 0.3) is 0 Å². The van der Waals surface area contributed by atoms with Crippen molar-refractivity contribution in [1.82, 2.24) is 5.32 Å². The van der Waals surface area contributed by atoms with Crippen molar-refractivity contribution in [2.75, 3.05) is 23.3 Å². The highest BCUT2D eigenvalue weighted by Gasteiger charge is 2.29. The molecule has 21 heavy (non-hydrogen) atoms. The fourth-order valence-electron chi connectivity index (χ4n) is 3.00. The van der Waals surface area contributed by atoms with Gasteiger partial charge in [-0.3, -0.25) is 9.59 Å². The molecule has 2 heterocycles. The van der Waals surface area contributed by atoms with Gasteiger partial charge in [0.1, 0.15) is 0 Å². The summed E-state index contributed by atoms with van der Waals surface area (Å²) in [6, 6.07) is 5.88. The zero-order chi connectivity index (χ0) is 15.0. The quantitative estimate of drug-likeness (QED) is 0.751. The molecule has 6 heteroatoms. The molecule has 1 aromatic carbocycles. The van der Waals surface area contributed by atoms with Crippen molar-refractivity contribution in [3.05, 3.63) is 23.8 Å². The third kappa shape index (κ3) is 2.71. The van der Waals surface area contributed by atoms with Gasteiger partial charge in [0.2, 0.25) is 5.91 Å². The molecule has 1 atom stereocenters. The third-order valence-electron chi connectivity index (χ3n) is 4.11. The van der Waals surface area contributed by atoms with E-state index in [2.05, 4.69) is 15.5 Å². The number of carbonyl (C=O) groups excluding carboxylic acids is 2. The molecule has 3 N–H and O–H groups in total. The number of anilines is 2. The van der Waals surface area contributed by atoms with Crippen LogP contribution in [0.2, 0.25) is 0 Å². The number of carbonyl (C=O) groups is 2. The Hall–Kier alpha value is -2.08. The van der Waals surface area contributed by atoms with E-state index in [-0.39, 0.29) is 17.9 Å². The zero-order valence-electron chi connectivity index (χ0n) is 11.9. The van der Waals surface area contributed by atoms with Gasteiger partial charge in [-0.05, 0) is 25.0 Å². The first kappa shape index (κ1) is 13.9. The number of amides is 2. The monoisotopic (exact) mass is 289 g/mol. The number of fused-ring (bicyclic) bond motifs is 1. The van der Waals surface area contributed by atoms with E-state index in [1.54, 1.807) is 13.0 Å². The number of piperidine rings is 1. The highest BCUT2D eigenvalue weighted by atomic mass is 16.3. The topological polar surface area (TPSA) is 81.7 Å². The molecule has 2 amide bonds. The molecule has 0 radical (unpaired) electrons. The number of nitrogens with zero attached hydrogens (tertiary/aromatic N) is 1. The molecule has 2 aliphatic heterocycles. The van der Waals surface area contributed by atoms with Crippen LogP contribution < -0.4 is 15.5 Å². The predicted molar refractivity (Wildman–Crippen MR) is 79.1 cm³/mol. The number of benzene rings is 1. The Balaban J connectivity index is 1.68. The normalized spacial score (nSPS) is 21.9. The summed E-state index contributed by atoms with van der Waals surface area (Å²) in [7, 11) is 0. The van der Waals surface area contributed by atoms with Gasteiger partial charge in [0.05, 0.1) is 0 Å². The lowest BCUT2D eigenvalue weighted by atomic mass is 10.0. The lowest BCUT2D eigenvalue weighted by Gasteiger charge is -2.34. The second kappa shape index (κ2) is 5.37. The molecule has 2 aliphatic rings. The smallest absolute Gasteiger partial charge is 0.257 e. The minimum absolute atomic E-state index is 0.0164. The maximum Gasteiger partial charge on any atom is 0.257 e. The van der Waals surface area contributed by atoms with Gasteiger partial charge in [-0.15, -0.1) is 0 Å². The Morgan fingerprint density at radius 1 is 1.38 bits per heavy atom. The van der Waals surface area contributed by atoms with E-state index >= 15 is 0 Å². The Labute approximate surface area is 123 Å². The van der Waals surface area contributed by atoms with Crippen LogP contribution in [0.15, 0.2) is 18.2 Å². The van der Waals surface area contributed by atoms with Crippen LogP contribution in [0.1, 0.15) is 31.4 Å². The van der Waals surface area contributed by atoms with Crippen molar-refractivity contribution in [3.8, 4) is 0 Å². The minimum atomic E-state index is -1.06. The average Bonchev–Trinajstić information content (AvgIpc) is 2.74. The highest BCUT2D eigenvalue weighted by Crippen LogP contribution is 2.34. The summed E-state index contributed by atoms with van der Waals surface area (Å²) >= 11 is 0. The van der Waals surface area contributed by atoms with Gasteiger partial charge in [0.15, 0.2) is 6.10 Å². The van der Waals surface area contributed by atoms with E-state index in [9.17, 15) is 14.7 Å². The zero-order valence-corrected chi connectivity index (χ0v) is 11.9. The molecule has 112 valence electrons. The molecule has 3 rings (SSSR count). The number of hydrogen-bond donors (Lipinski definition) is 3. The lowest BCUT2D eigenvalue weighted by Crippen LogP contribution is -2.44. The van der Waals surface area contributed by atoms with Crippen LogP contribution in [-0.2, 0) is 9.59 Å². The molecule has 0 aromatic heterocycles. The number of hydrogen-bond acceptors (Lipinski definition) is 4. The van der Waals surface area contributed by atoms with Gasteiger partial charge in [0, 0.05) is 43.0 Å². The summed E-state index contributed by atoms with van der Waals surface area (Å²) in [5, 5.41) is 15.3. The van der Waals surface area contributed by atoms with E-state index in [0.29, 0.717) is 11.3 Å². The first-order valence-corrected chi connectivity index (χ1v) is 7.19. The van der Waals surface area contributed by atoms with Crippen molar-refractivity contribution in [2.24, 2.45) is 0 Å². The molecule has 0 bridgehead atoms. The van der Waals surface area contributed by atoms with Crippen LogP contribution in [0, 0.1) is 0 Å². The number of aliphatic hydroxyl groups is 1. The Kier molecular flexibility index (Phi) is 3.55. The fourth-order valence-corrected chi connectivity index (χ4v) is 3.00. The molecule has 6 nitrogen and oxygen atoms in total. The number of nitrogens with one attached hydrogen (secondary N) is 2. The predicted octanol–water partition coefficient (Wildman–Crippen LogP) is 0.777. The molecule has 1 saturated heterocycles. The molecular weight excluding hydrogens is 270 g/mol. The highest BCUT2D eigenvalue weighted by molar-refractivity contribution is 6.02. The molecule has 0 aliphatic carbocycles. The second-order valence-electron chi connectivity index (χ2n) is 5.63. The summed E-state index contributed by atoms with van der Waals surface area (Å²) in [5.41, 5.74) is 2.36. The van der Waals surface area contributed by atoms with Crippen LogP contribution in [0.5, 0.6) is 0 Å². The van der Waals surface area contributed by atoms with E-state index in [4.69, 9.17) is 0 Å². The van der Waals surface area contributed by atoms with Gasteiger partial charge >= 0.3 is 0 Å². The van der Waals surface area contributed by atoms with Gasteiger partial charge in [-0.25, -0.2) is 0 Å². The molecule has 1 aromatic rings. The molecule has 1 unspecified atom stereocenters. The Morgan fingerprint density at radius 2 is 2.10 bits per heavy atom. The average molecular weight is 289 g/mol. The van der Waals surface area contributed by atoms with E-state index in [0.717, 1.165) is 31.6 Å². The largest absolute Gasteiger partial charge is 0.378 e. The third-order valence-corrected chi connectivity index (χ3v) is 4.11. The maximum atomic E-state index is 11.4. The van der Waals surface area contributed by atoms with Crippen molar-refractivity contribution < 1.29 is 14.7 Å². The summed E-state index contributed by atoms with van der Waals surface area (Å²) in [6.07, 6.45) is 0.761. The molecule has 1 fully saturated rings. The fraction of sp³-hybridized carbons (Fsp3) is 0.467. The molecule has 0 saturated carbocycles. The van der Waals surface area contributed by atoms with Crippen molar-refractivity contribution in [2.45, 2.75) is 31.9 Å². The summed E-state index contributed by atoms with van der Waals surface area (Å²) in [6.45, 7) is 3.27. The van der Waals surface area contributed by atoms with Crippen LogP contribution >= 0.6 is 0 Å². The maximum absolute atomic E-state index is 11.4. The van der Waals surface area contributed by atoms with E-state index in [1.165, 1.54) is 0 Å². The Bertz CT molecular complexity index is 580. The van der Waals surface area contributed by atoms with Gasteiger partial charge in [0.25, 0.3) is 5.91 Å². The van der Waals surface area contributed by atoms with Crippen molar-refractivity contribution in [1.29, 1.82) is 0 Å². The van der Waals surface area contributed by atoms with Crippen LogP contribution in [0.4, 0.5) is 11.4 Å². The van der Waals surface area contributed by atoms with Gasteiger partial charge in [-0.2, -0.15) is 0 Å². The van der Waals surface area contributed by atoms with E-state index in [1.807, 2.05) is 12.1 Å². The Morgan fingerprint density at radius 3 is 2.76 bits per heavy atom. The standard InChI is InChI=1S/C15H19N3O3/c1-9(19)16-10-4-6-18(7-5-10)11-2-3-12-13(8-11)17-15(21)14(12)20/h2-3,8,10,14,20H,4-7H2,1H3,(H,16,19)(H,17,21). The SMILES string of the molecule is CC(=O)NC1CCN(c2ccc3c(c2)NC(=O)C3O)CC1. The van der Waals surface area contributed by atoms with Gasteiger partial charge in [-0.1, -0.05) is 6.07 Å². The number of aliphatic hydroxyl groups excluding tert-OH is 1. The van der Waals surface area contributed by atoms with E-state index < -0.39 is 6.10 Å². The first-order valence-electron chi connectivity index (χ1n) is 7.19. The van der Waals surface area contributed by atoms with Crippen LogP contribution in [-0.4, -0.2) is 36.1 Å². The van der Waals surface area contributed by atoms with Crippen molar-refractivity contribution >= 4 is 23.2 Å².